The Hall–Kier alpha value is -3.74. The number of H-pyrrole nitrogens is 1. The van der Waals surface area contributed by atoms with E-state index in [2.05, 4.69) is 35.8 Å². The molecule has 1 fully saturated rings. The van der Waals surface area contributed by atoms with Crippen LogP contribution in [0.4, 0.5) is 17.5 Å². The van der Waals surface area contributed by atoms with Crippen molar-refractivity contribution < 1.29 is 4.92 Å². The van der Waals surface area contributed by atoms with Crippen LogP contribution in [0.25, 0.3) is 11.0 Å². The first-order valence-corrected chi connectivity index (χ1v) is 8.51. The second-order valence-electron chi connectivity index (χ2n) is 6.19. The standard InChI is InChI=1S/C17H16N8O2/c18-11-15-16(20-5-4-19-15)23-6-1-7-24(9-8-23)17-21-13-3-2-12(25(26)27)10-14(13)22-17/h2-5,10H,1,6-9H2,(H,21,22). The average molecular weight is 364 g/mol. The molecule has 3 heterocycles. The minimum absolute atomic E-state index is 0.0337. The third-order valence-electron chi connectivity index (χ3n) is 4.54. The largest absolute Gasteiger partial charge is 0.352 e. The van der Waals surface area contributed by atoms with Crippen molar-refractivity contribution in [2.75, 3.05) is 36.0 Å². The minimum Gasteiger partial charge on any atom is -0.352 e. The van der Waals surface area contributed by atoms with Gasteiger partial charge in [-0.2, -0.15) is 5.26 Å². The Morgan fingerprint density at radius 1 is 1.15 bits per heavy atom. The Morgan fingerprint density at radius 2 is 1.93 bits per heavy atom. The van der Waals surface area contributed by atoms with Gasteiger partial charge in [-0.3, -0.25) is 10.1 Å². The number of nitriles is 1. The van der Waals surface area contributed by atoms with Crippen LogP contribution in [-0.4, -0.2) is 51.0 Å². The molecule has 0 aliphatic carbocycles. The third-order valence-corrected chi connectivity index (χ3v) is 4.54. The number of nitro groups is 1. The van der Waals surface area contributed by atoms with Gasteiger partial charge in [-0.05, 0) is 12.5 Å². The van der Waals surface area contributed by atoms with E-state index in [1.165, 1.54) is 18.3 Å². The number of anilines is 2. The van der Waals surface area contributed by atoms with Crippen LogP contribution in [0, 0.1) is 21.4 Å². The Balaban J connectivity index is 1.55. The molecule has 1 aliphatic rings. The van der Waals surface area contributed by atoms with Gasteiger partial charge in [0, 0.05) is 50.7 Å². The van der Waals surface area contributed by atoms with Crippen molar-refractivity contribution in [3.05, 3.63) is 46.4 Å². The summed E-state index contributed by atoms with van der Waals surface area (Å²) >= 11 is 0. The number of imidazole rings is 1. The van der Waals surface area contributed by atoms with Crippen LogP contribution in [0.3, 0.4) is 0 Å². The molecule has 0 spiro atoms. The molecule has 4 rings (SSSR count). The van der Waals surface area contributed by atoms with Gasteiger partial charge in [-0.15, -0.1) is 0 Å². The first-order valence-electron chi connectivity index (χ1n) is 8.51. The molecule has 1 aliphatic heterocycles. The highest BCUT2D eigenvalue weighted by molar-refractivity contribution is 5.80. The lowest BCUT2D eigenvalue weighted by molar-refractivity contribution is -0.384. The second-order valence-corrected chi connectivity index (χ2v) is 6.19. The second kappa shape index (κ2) is 6.87. The van der Waals surface area contributed by atoms with Gasteiger partial charge >= 0.3 is 0 Å². The van der Waals surface area contributed by atoms with Crippen LogP contribution in [0.1, 0.15) is 12.1 Å². The highest BCUT2D eigenvalue weighted by Crippen LogP contribution is 2.24. The van der Waals surface area contributed by atoms with E-state index in [0.29, 0.717) is 41.6 Å². The van der Waals surface area contributed by atoms with E-state index in [1.807, 2.05) is 0 Å². The molecule has 0 atom stereocenters. The predicted octanol–water partition coefficient (Wildman–Crippen LogP) is 1.85. The van der Waals surface area contributed by atoms with Crippen LogP contribution in [0.2, 0.25) is 0 Å². The number of benzene rings is 1. The van der Waals surface area contributed by atoms with E-state index < -0.39 is 4.92 Å². The highest BCUT2D eigenvalue weighted by atomic mass is 16.6. The number of aromatic nitrogens is 4. The van der Waals surface area contributed by atoms with Gasteiger partial charge in [0.05, 0.1) is 16.0 Å². The molecule has 27 heavy (non-hydrogen) atoms. The van der Waals surface area contributed by atoms with E-state index in [4.69, 9.17) is 0 Å². The fourth-order valence-corrected chi connectivity index (χ4v) is 3.23. The van der Waals surface area contributed by atoms with Crippen molar-refractivity contribution in [3.63, 3.8) is 0 Å². The Morgan fingerprint density at radius 3 is 2.74 bits per heavy atom. The van der Waals surface area contributed by atoms with E-state index in [-0.39, 0.29) is 5.69 Å². The molecule has 0 saturated carbocycles. The predicted molar refractivity (Wildman–Crippen MR) is 98.5 cm³/mol. The number of fused-ring (bicyclic) bond motifs is 1. The fourth-order valence-electron chi connectivity index (χ4n) is 3.23. The zero-order valence-corrected chi connectivity index (χ0v) is 14.4. The molecule has 136 valence electrons. The average Bonchev–Trinajstić information content (AvgIpc) is 2.96. The van der Waals surface area contributed by atoms with Gasteiger partial charge in [0.2, 0.25) is 5.95 Å². The Bertz CT molecular complexity index is 1040. The minimum atomic E-state index is -0.419. The van der Waals surface area contributed by atoms with Crippen LogP contribution >= 0.6 is 0 Å². The summed E-state index contributed by atoms with van der Waals surface area (Å²) in [6.07, 6.45) is 3.96. The Labute approximate surface area is 154 Å². The lowest BCUT2D eigenvalue weighted by Crippen LogP contribution is -2.32. The Kier molecular flexibility index (Phi) is 4.25. The first-order chi connectivity index (χ1) is 13.2. The van der Waals surface area contributed by atoms with Crippen molar-refractivity contribution in [3.8, 4) is 6.07 Å². The third kappa shape index (κ3) is 3.22. The number of nitrogens with zero attached hydrogens (tertiary/aromatic N) is 7. The lowest BCUT2D eigenvalue weighted by Gasteiger charge is -2.22. The van der Waals surface area contributed by atoms with Crippen LogP contribution in [-0.2, 0) is 0 Å². The summed E-state index contributed by atoms with van der Waals surface area (Å²) in [7, 11) is 0. The molecule has 3 aromatic rings. The molecule has 0 bridgehead atoms. The molecule has 0 unspecified atom stereocenters. The van der Waals surface area contributed by atoms with E-state index >= 15 is 0 Å². The molecular weight excluding hydrogens is 348 g/mol. The molecule has 1 N–H and O–H groups in total. The van der Waals surface area contributed by atoms with Gasteiger partial charge in [-0.1, -0.05) is 0 Å². The summed E-state index contributed by atoms with van der Waals surface area (Å²) in [5.74, 6) is 1.29. The maximum absolute atomic E-state index is 10.9. The molecular formula is C17H16N8O2. The highest BCUT2D eigenvalue weighted by Gasteiger charge is 2.21. The van der Waals surface area contributed by atoms with Gasteiger partial charge in [0.1, 0.15) is 6.07 Å². The number of hydrogen-bond acceptors (Lipinski definition) is 8. The van der Waals surface area contributed by atoms with Crippen molar-refractivity contribution >= 4 is 28.5 Å². The zero-order valence-electron chi connectivity index (χ0n) is 14.4. The summed E-state index contributed by atoms with van der Waals surface area (Å²) in [5, 5.41) is 20.2. The van der Waals surface area contributed by atoms with Gasteiger partial charge in [0.25, 0.3) is 5.69 Å². The maximum atomic E-state index is 10.9. The van der Waals surface area contributed by atoms with Crippen molar-refractivity contribution in [1.29, 1.82) is 5.26 Å². The van der Waals surface area contributed by atoms with Crippen LogP contribution in [0.15, 0.2) is 30.6 Å². The van der Waals surface area contributed by atoms with Crippen molar-refractivity contribution in [2.24, 2.45) is 0 Å². The maximum Gasteiger partial charge on any atom is 0.271 e. The molecule has 1 aromatic carbocycles. The van der Waals surface area contributed by atoms with Crippen LogP contribution < -0.4 is 9.80 Å². The summed E-state index contributed by atoms with van der Waals surface area (Å²) in [6, 6.07) is 6.68. The molecule has 1 saturated heterocycles. The summed E-state index contributed by atoms with van der Waals surface area (Å²) in [6.45, 7) is 2.89. The number of nitrogens with one attached hydrogen (secondary N) is 1. The zero-order chi connectivity index (χ0) is 18.8. The molecule has 10 nitrogen and oxygen atoms in total. The molecule has 10 heteroatoms. The summed E-state index contributed by atoms with van der Waals surface area (Å²) in [5.41, 5.74) is 1.69. The first kappa shape index (κ1) is 16.7. The number of hydrogen-bond donors (Lipinski definition) is 1. The van der Waals surface area contributed by atoms with Crippen molar-refractivity contribution in [1.82, 2.24) is 19.9 Å². The monoisotopic (exact) mass is 364 g/mol. The molecule has 0 amide bonds. The molecule has 2 aromatic heterocycles. The lowest BCUT2D eigenvalue weighted by atomic mass is 10.3. The number of rotatable bonds is 3. The summed E-state index contributed by atoms with van der Waals surface area (Å²) < 4.78 is 0. The van der Waals surface area contributed by atoms with Gasteiger partial charge in [0.15, 0.2) is 11.5 Å². The quantitative estimate of drug-likeness (QED) is 0.551. The van der Waals surface area contributed by atoms with E-state index in [1.54, 1.807) is 12.3 Å². The topological polar surface area (TPSA) is 128 Å². The van der Waals surface area contributed by atoms with Gasteiger partial charge in [-0.25, -0.2) is 15.0 Å². The number of aromatic amines is 1. The molecule has 0 radical (unpaired) electrons. The van der Waals surface area contributed by atoms with Gasteiger partial charge < -0.3 is 14.8 Å². The summed E-state index contributed by atoms with van der Waals surface area (Å²) in [4.78, 5) is 30.8. The SMILES string of the molecule is N#Cc1nccnc1N1CCCN(c2nc3ccc([N+](=O)[O-])cc3[nH]2)CC1. The smallest absolute Gasteiger partial charge is 0.271 e. The van der Waals surface area contributed by atoms with E-state index in [9.17, 15) is 15.4 Å². The fraction of sp³-hybridized carbons (Fsp3) is 0.294. The number of nitro benzene ring substituents is 1. The van der Waals surface area contributed by atoms with Crippen molar-refractivity contribution in [2.45, 2.75) is 6.42 Å². The normalized spacial score (nSPS) is 14.8. The number of non-ortho nitro benzene ring substituents is 1. The van der Waals surface area contributed by atoms with Crippen LogP contribution in [0.5, 0.6) is 0 Å². The van der Waals surface area contributed by atoms with E-state index in [0.717, 1.165) is 19.5 Å².